The molecule has 0 aliphatic heterocycles. The minimum Gasteiger partial charge on any atom is -0.397 e. The minimum atomic E-state index is 0.743. The maximum atomic E-state index is 6.05. The third-order valence-electron chi connectivity index (χ3n) is 3.64. The van der Waals surface area contributed by atoms with Gasteiger partial charge in [-0.3, -0.25) is 0 Å². The Morgan fingerprint density at radius 3 is 2.05 bits per heavy atom. The smallest absolute Gasteiger partial charge is 0.0618 e. The van der Waals surface area contributed by atoms with E-state index in [9.17, 15) is 0 Å². The Bertz CT molecular complexity index is 607. The van der Waals surface area contributed by atoms with Crippen molar-refractivity contribution in [1.29, 1.82) is 0 Å². The summed E-state index contributed by atoms with van der Waals surface area (Å²) in [5.74, 6) is 0. The van der Waals surface area contributed by atoms with Crippen molar-refractivity contribution in [3.8, 4) is 0 Å². The molecule has 2 rings (SSSR count). The number of nitrogens with two attached hydrogens (primary N) is 1. The summed E-state index contributed by atoms with van der Waals surface area (Å²) < 4.78 is 0.990. The number of hydrogen-bond donors (Lipinski definition) is 2. The Morgan fingerprint density at radius 2 is 1.53 bits per heavy atom. The van der Waals surface area contributed by atoms with Crippen molar-refractivity contribution in [3.63, 3.8) is 0 Å². The first kappa shape index (κ1) is 13.9. The molecule has 100 valence electrons. The SMILES string of the molecule is Cc1cc(C)c(C)c(Nc2ccc(Br)cc2N)c1C. The molecule has 0 aromatic heterocycles. The molecule has 0 aliphatic rings. The molecular weight excluding hydrogens is 300 g/mol. The molecule has 0 bridgehead atoms. The number of aryl methyl sites for hydroxylation is 2. The van der Waals surface area contributed by atoms with E-state index in [4.69, 9.17) is 5.73 Å². The van der Waals surface area contributed by atoms with E-state index in [-0.39, 0.29) is 0 Å². The summed E-state index contributed by atoms with van der Waals surface area (Å²) in [7, 11) is 0. The molecule has 0 saturated carbocycles. The zero-order chi connectivity index (χ0) is 14.2. The van der Waals surface area contributed by atoms with Crippen LogP contribution in [0.25, 0.3) is 0 Å². The lowest BCUT2D eigenvalue weighted by Gasteiger charge is -2.18. The fourth-order valence-corrected chi connectivity index (χ4v) is 2.57. The molecule has 0 saturated heterocycles. The summed E-state index contributed by atoms with van der Waals surface area (Å²) in [6.45, 7) is 8.55. The monoisotopic (exact) mass is 318 g/mol. The third kappa shape index (κ3) is 2.76. The molecular formula is C16H19BrN2. The fraction of sp³-hybridized carbons (Fsp3) is 0.250. The second-order valence-electron chi connectivity index (χ2n) is 4.99. The predicted octanol–water partition coefficient (Wildman–Crippen LogP) is 5.01. The van der Waals surface area contributed by atoms with Gasteiger partial charge in [-0.25, -0.2) is 0 Å². The summed E-state index contributed by atoms with van der Waals surface area (Å²) in [5.41, 5.74) is 14.0. The summed E-state index contributed by atoms with van der Waals surface area (Å²) in [6.07, 6.45) is 0. The summed E-state index contributed by atoms with van der Waals surface area (Å²) >= 11 is 3.43. The first-order valence-electron chi connectivity index (χ1n) is 6.29. The van der Waals surface area contributed by atoms with Gasteiger partial charge < -0.3 is 11.1 Å². The Kier molecular flexibility index (Phi) is 3.85. The second-order valence-corrected chi connectivity index (χ2v) is 5.91. The molecule has 2 aromatic carbocycles. The summed E-state index contributed by atoms with van der Waals surface area (Å²) in [4.78, 5) is 0. The van der Waals surface area contributed by atoms with Gasteiger partial charge in [0, 0.05) is 10.2 Å². The van der Waals surface area contributed by atoms with Crippen LogP contribution < -0.4 is 11.1 Å². The molecule has 0 fully saturated rings. The lowest BCUT2D eigenvalue weighted by atomic mass is 9.98. The average Bonchev–Trinajstić information content (AvgIpc) is 2.34. The zero-order valence-electron chi connectivity index (χ0n) is 11.8. The Labute approximate surface area is 123 Å². The first-order valence-corrected chi connectivity index (χ1v) is 7.09. The van der Waals surface area contributed by atoms with Gasteiger partial charge in [-0.15, -0.1) is 0 Å². The number of hydrogen-bond acceptors (Lipinski definition) is 2. The van der Waals surface area contributed by atoms with Crippen molar-refractivity contribution in [1.82, 2.24) is 0 Å². The standard InChI is InChI=1S/C16H19BrN2/c1-9-7-10(2)12(4)16(11(9)3)19-15-6-5-13(17)8-14(15)18/h5-8,19H,18H2,1-4H3. The van der Waals surface area contributed by atoms with Crippen molar-refractivity contribution in [2.45, 2.75) is 27.7 Å². The molecule has 0 atom stereocenters. The molecule has 3 heteroatoms. The van der Waals surface area contributed by atoms with Gasteiger partial charge in [0.05, 0.1) is 11.4 Å². The van der Waals surface area contributed by atoms with E-state index in [2.05, 4.69) is 55.0 Å². The number of benzene rings is 2. The Morgan fingerprint density at radius 1 is 0.947 bits per heavy atom. The van der Waals surface area contributed by atoms with Crippen molar-refractivity contribution < 1.29 is 0 Å². The predicted molar refractivity (Wildman–Crippen MR) is 87.2 cm³/mol. The van der Waals surface area contributed by atoms with Gasteiger partial charge in [0.15, 0.2) is 0 Å². The van der Waals surface area contributed by atoms with Crippen LogP contribution in [-0.4, -0.2) is 0 Å². The van der Waals surface area contributed by atoms with Gasteiger partial charge in [0.1, 0.15) is 0 Å². The van der Waals surface area contributed by atoms with Crippen molar-refractivity contribution in [2.75, 3.05) is 11.1 Å². The van der Waals surface area contributed by atoms with Crippen LogP contribution in [0.1, 0.15) is 22.3 Å². The van der Waals surface area contributed by atoms with Gasteiger partial charge in [0.25, 0.3) is 0 Å². The van der Waals surface area contributed by atoms with E-state index < -0.39 is 0 Å². The number of halogens is 1. The largest absolute Gasteiger partial charge is 0.397 e. The fourth-order valence-electron chi connectivity index (χ4n) is 2.19. The maximum Gasteiger partial charge on any atom is 0.0618 e. The first-order chi connectivity index (χ1) is 8.90. The van der Waals surface area contributed by atoms with Crippen LogP contribution in [-0.2, 0) is 0 Å². The molecule has 19 heavy (non-hydrogen) atoms. The number of nitrogen functional groups attached to an aromatic ring is 1. The van der Waals surface area contributed by atoms with Crippen LogP contribution in [0, 0.1) is 27.7 Å². The molecule has 0 aliphatic carbocycles. The molecule has 0 spiro atoms. The van der Waals surface area contributed by atoms with Crippen LogP contribution in [0.5, 0.6) is 0 Å². The van der Waals surface area contributed by atoms with Crippen LogP contribution in [0.4, 0.5) is 17.1 Å². The number of anilines is 3. The van der Waals surface area contributed by atoms with Crippen LogP contribution in [0.2, 0.25) is 0 Å². The molecule has 2 aromatic rings. The van der Waals surface area contributed by atoms with E-state index >= 15 is 0 Å². The normalized spacial score (nSPS) is 10.6. The Balaban J connectivity index is 2.49. The van der Waals surface area contributed by atoms with E-state index in [0.717, 1.165) is 21.5 Å². The second kappa shape index (κ2) is 5.25. The van der Waals surface area contributed by atoms with Crippen LogP contribution in [0.3, 0.4) is 0 Å². The summed E-state index contributed by atoms with van der Waals surface area (Å²) in [5, 5.41) is 3.47. The highest BCUT2D eigenvalue weighted by atomic mass is 79.9. The lowest BCUT2D eigenvalue weighted by molar-refractivity contribution is 1.24. The van der Waals surface area contributed by atoms with Gasteiger partial charge >= 0.3 is 0 Å². The van der Waals surface area contributed by atoms with E-state index in [1.165, 1.54) is 22.3 Å². The average molecular weight is 319 g/mol. The highest BCUT2D eigenvalue weighted by Crippen LogP contribution is 2.32. The minimum absolute atomic E-state index is 0.743. The van der Waals surface area contributed by atoms with Crippen LogP contribution in [0.15, 0.2) is 28.7 Å². The third-order valence-corrected chi connectivity index (χ3v) is 4.13. The van der Waals surface area contributed by atoms with Gasteiger partial charge in [-0.2, -0.15) is 0 Å². The highest BCUT2D eigenvalue weighted by Gasteiger charge is 2.10. The molecule has 0 radical (unpaired) electrons. The van der Waals surface area contributed by atoms with E-state index in [0.29, 0.717) is 0 Å². The number of nitrogens with one attached hydrogen (secondary N) is 1. The van der Waals surface area contributed by atoms with Crippen molar-refractivity contribution in [2.24, 2.45) is 0 Å². The van der Waals surface area contributed by atoms with Gasteiger partial charge in [-0.1, -0.05) is 22.0 Å². The lowest BCUT2D eigenvalue weighted by Crippen LogP contribution is -2.02. The molecule has 0 unspecified atom stereocenters. The van der Waals surface area contributed by atoms with Gasteiger partial charge in [-0.05, 0) is 68.1 Å². The highest BCUT2D eigenvalue weighted by molar-refractivity contribution is 9.10. The molecule has 0 heterocycles. The van der Waals surface area contributed by atoms with Crippen molar-refractivity contribution >= 4 is 33.0 Å². The number of rotatable bonds is 2. The Hall–Kier alpha value is -1.48. The quantitative estimate of drug-likeness (QED) is 0.764. The summed E-state index contributed by atoms with van der Waals surface area (Å²) in [6, 6.07) is 8.12. The van der Waals surface area contributed by atoms with Crippen LogP contribution >= 0.6 is 15.9 Å². The molecule has 2 nitrogen and oxygen atoms in total. The van der Waals surface area contributed by atoms with Crippen molar-refractivity contribution in [3.05, 3.63) is 51.0 Å². The molecule has 0 amide bonds. The zero-order valence-corrected chi connectivity index (χ0v) is 13.4. The van der Waals surface area contributed by atoms with E-state index in [1.807, 2.05) is 18.2 Å². The molecule has 3 N–H and O–H groups in total. The van der Waals surface area contributed by atoms with Gasteiger partial charge in [0.2, 0.25) is 0 Å². The maximum absolute atomic E-state index is 6.05. The topological polar surface area (TPSA) is 38.0 Å². The van der Waals surface area contributed by atoms with E-state index in [1.54, 1.807) is 0 Å².